The number of nitrogens with one attached hydrogen (secondary N) is 2. The SMILES string of the molecule is NNC(=O)C1CC(O)C(n2cnc3c(=O)[nH]c(N)nc32)O1. The van der Waals surface area contributed by atoms with E-state index in [1.807, 2.05) is 5.43 Å². The number of rotatable bonds is 2. The second-order valence-electron chi connectivity index (χ2n) is 4.60. The molecule has 0 bridgehead atoms. The summed E-state index contributed by atoms with van der Waals surface area (Å²) in [4.78, 5) is 33.4. The number of hydrogen-bond acceptors (Lipinski definition) is 8. The second kappa shape index (κ2) is 4.80. The lowest BCUT2D eigenvalue weighted by Crippen LogP contribution is -2.39. The van der Waals surface area contributed by atoms with Gasteiger partial charge in [-0.05, 0) is 0 Å². The zero-order valence-electron chi connectivity index (χ0n) is 10.7. The van der Waals surface area contributed by atoms with Crippen LogP contribution < -0.4 is 22.6 Å². The number of aromatic nitrogens is 4. The van der Waals surface area contributed by atoms with Crippen LogP contribution in [0.4, 0.5) is 5.95 Å². The summed E-state index contributed by atoms with van der Waals surface area (Å²) in [5, 5.41) is 10.0. The molecular formula is C10H13N7O4. The molecule has 3 rings (SSSR count). The Morgan fingerprint density at radius 2 is 2.38 bits per heavy atom. The van der Waals surface area contributed by atoms with Gasteiger partial charge in [-0.1, -0.05) is 0 Å². The molecule has 3 atom stereocenters. The molecule has 21 heavy (non-hydrogen) atoms. The molecular weight excluding hydrogens is 282 g/mol. The summed E-state index contributed by atoms with van der Waals surface area (Å²) < 4.78 is 6.80. The molecule has 1 aliphatic rings. The first kappa shape index (κ1) is 13.5. The van der Waals surface area contributed by atoms with Gasteiger partial charge in [0.25, 0.3) is 11.5 Å². The monoisotopic (exact) mass is 295 g/mol. The molecule has 0 spiro atoms. The van der Waals surface area contributed by atoms with Gasteiger partial charge in [-0.2, -0.15) is 4.98 Å². The maximum atomic E-state index is 11.7. The highest BCUT2D eigenvalue weighted by atomic mass is 16.5. The van der Waals surface area contributed by atoms with Crippen LogP contribution in [0.5, 0.6) is 0 Å². The minimum atomic E-state index is -0.980. The lowest BCUT2D eigenvalue weighted by molar-refractivity contribution is -0.134. The summed E-state index contributed by atoms with van der Waals surface area (Å²) in [6, 6.07) is 0. The first-order valence-corrected chi connectivity index (χ1v) is 6.07. The summed E-state index contributed by atoms with van der Waals surface area (Å²) in [5.41, 5.74) is 7.17. The number of hydrogen-bond donors (Lipinski definition) is 5. The van der Waals surface area contributed by atoms with E-state index in [1.54, 1.807) is 0 Å². The molecule has 112 valence electrons. The smallest absolute Gasteiger partial charge is 0.280 e. The van der Waals surface area contributed by atoms with Crippen LogP contribution in [-0.2, 0) is 9.53 Å². The number of carbonyl (C=O) groups excluding carboxylic acids is 1. The van der Waals surface area contributed by atoms with Gasteiger partial charge in [0, 0.05) is 6.42 Å². The van der Waals surface area contributed by atoms with E-state index in [0.29, 0.717) is 0 Å². The van der Waals surface area contributed by atoms with Crippen LogP contribution in [0.25, 0.3) is 11.2 Å². The number of aromatic amines is 1. The number of H-pyrrole nitrogens is 1. The molecule has 2 aromatic rings. The molecule has 0 aliphatic carbocycles. The average molecular weight is 295 g/mol. The van der Waals surface area contributed by atoms with Crippen molar-refractivity contribution in [2.24, 2.45) is 5.84 Å². The number of hydrazine groups is 1. The number of imidazole rings is 1. The van der Waals surface area contributed by atoms with E-state index in [0.717, 1.165) is 0 Å². The van der Waals surface area contributed by atoms with Crippen molar-refractivity contribution in [3.63, 3.8) is 0 Å². The Morgan fingerprint density at radius 1 is 1.62 bits per heavy atom. The average Bonchev–Trinajstić information content (AvgIpc) is 3.01. The van der Waals surface area contributed by atoms with Gasteiger partial charge in [-0.15, -0.1) is 0 Å². The number of ether oxygens (including phenoxy) is 1. The molecule has 11 nitrogen and oxygen atoms in total. The Hall–Kier alpha value is -2.50. The van der Waals surface area contributed by atoms with Crippen molar-refractivity contribution in [1.82, 2.24) is 24.9 Å². The van der Waals surface area contributed by atoms with Gasteiger partial charge in [0.15, 0.2) is 17.4 Å². The fourth-order valence-corrected chi connectivity index (χ4v) is 2.29. The Labute approximate surface area is 116 Å². The second-order valence-corrected chi connectivity index (χ2v) is 4.60. The largest absolute Gasteiger partial charge is 0.388 e. The molecule has 0 saturated carbocycles. The van der Waals surface area contributed by atoms with Gasteiger partial charge in [0.05, 0.1) is 6.33 Å². The molecule has 3 unspecified atom stereocenters. The van der Waals surface area contributed by atoms with Gasteiger partial charge in [0.1, 0.15) is 12.2 Å². The van der Waals surface area contributed by atoms with Crippen molar-refractivity contribution < 1.29 is 14.6 Å². The van der Waals surface area contributed by atoms with Crippen LogP contribution in [0.15, 0.2) is 11.1 Å². The van der Waals surface area contributed by atoms with Gasteiger partial charge in [0.2, 0.25) is 5.95 Å². The summed E-state index contributed by atoms with van der Waals surface area (Å²) in [6.07, 6.45) is -1.43. The van der Waals surface area contributed by atoms with Gasteiger partial charge >= 0.3 is 0 Å². The quantitative estimate of drug-likeness (QED) is 0.226. The number of nitrogens with two attached hydrogens (primary N) is 2. The van der Waals surface area contributed by atoms with Crippen molar-refractivity contribution in [3.8, 4) is 0 Å². The molecule has 2 aromatic heterocycles. The third kappa shape index (κ3) is 2.12. The van der Waals surface area contributed by atoms with Crippen molar-refractivity contribution >= 4 is 23.0 Å². The molecule has 1 saturated heterocycles. The molecule has 0 radical (unpaired) electrons. The third-order valence-electron chi connectivity index (χ3n) is 3.25. The predicted octanol–water partition coefficient (Wildman–Crippen LogP) is -2.66. The number of aliphatic hydroxyl groups is 1. The van der Waals surface area contributed by atoms with E-state index in [4.69, 9.17) is 16.3 Å². The molecule has 0 aromatic carbocycles. The van der Waals surface area contributed by atoms with E-state index in [9.17, 15) is 14.7 Å². The van der Waals surface area contributed by atoms with Crippen molar-refractivity contribution in [1.29, 1.82) is 0 Å². The molecule has 1 amide bonds. The van der Waals surface area contributed by atoms with Crippen LogP contribution in [0, 0.1) is 0 Å². The van der Waals surface area contributed by atoms with Crippen molar-refractivity contribution in [2.75, 3.05) is 5.73 Å². The highest BCUT2D eigenvalue weighted by Gasteiger charge is 2.39. The van der Waals surface area contributed by atoms with Crippen LogP contribution in [0.3, 0.4) is 0 Å². The fourth-order valence-electron chi connectivity index (χ4n) is 2.29. The Balaban J connectivity index is 2.01. The molecule has 3 heterocycles. The lowest BCUT2D eigenvalue weighted by Gasteiger charge is -2.16. The third-order valence-corrected chi connectivity index (χ3v) is 3.25. The number of aliphatic hydroxyl groups excluding tert-OH is 1. The number of nitrogen functional groups attached to an aromatic ring is 1. The van der Waals surface area contributed by atoms with E-state index < -0.39 is 29.9 Å². The van der Waals surface area contributed by atoms with Crippen molar-refractivity contribution in [2.45, 2.75) is 24.9 Å². The van der Waals surface area contributed by atoms with E-state index in [-0.39, 0.29) is 23.5 Å². The highest BCUT2D eigenvalue weighted by molar-refractivity contribution is 5.80. The van der Waals surface area contributed by atoms with Crippen molar-refractivity contribution in [3.05, 3.63) is 16.7 Å². The van der Waals surface area contributed by atoms with Crippen LogP contribution >= 0.6 is 0 Å². The summed E-state index contributed by atoms with van der Waals surface area (Å²) in [6.45, 7) is 0. The molecule has 1 fully saturated rings. The van der Waals surface area contributed by atoms with Crippen LogP contribution in [-0.4, -0.2) is 42.7 Å². The highest BCUT2D eigenvalue weighted by Crippen LogP contribution is 2.30. The number of nitrogens with zero attached hydrogens (tertiary/aromatic N) is 3. The molecule has 1 aliphatic heterocycles. The van der Waals surface area contributed by atoms with Gasteiger partial charge < -0.3 is 15.6 Å². The number of carbonyl (C=O) groups is 1. The number of anilines is 1. The van der Waals surface area contributed by atoms with Crippen LogP contribution in [0.2, 0.25) is 0 Å². The summed E-state index contributed by atoms with van der Waals surface area (Å²) in [7, 11) is 0. The first-order valence-electron chi connectivity index (χ1n) is 6.07. The fraction of sp³-hybridized carbons (Fsp3) is 0.400. The van der Waals surface area contributed by atoms with E-state index in [1.165, 1.54) is 10.9 Å². The number of fused-ring (bicyclic) bond motifs is 1. The first-order chi connectivity index (χ1) is 10.0. The topological polar surface area (TPSA) is 174 Å². The summed E-state index contributed by atoms with van der Waals surface area (Å²) >= 11 is 0. The van der Waals surface area contributed by atoms with E-state index in [2.05, 4.69) is 15.0 Å². The molecule has 7 N–H and O–H groups in total. The summed E-state index contributed by atoms with van der Waals surface area (Å²) in [5.74, 6) is 4.40. The van der Waals surface area contributed by atoms with Gasteiger partial charge in [-0.3, -0.25) is 24.6 Å². The Morgan fingerprint density at radius 3 is 3.10 bits per heavy atom. The number of amides is 1. The predicted molar refractivity (Wildman–Crippen MR) is 69.4 cm³/mol. The Kier molecular flexibility index (Phi) is 3.08. The Bertz CT molecular complexity index is 753. The zero-order valence-corrected chi connectivity index (χ0v) is 10.7. The minimum Gasteiger partial charge on any atom is -0.388 e. The zero-order chi connectivity index (χ0) is 15.1. The minimum absolute atomic E-state index is 0.0616. The van der Waals surface area contributed by atoms with E-state index >= 15 is 0 Å². The lowest BCUT2D eigenvalue weighted by atomic mass is 10.2. The maximum Gasteiger partial charge on any atom is 0.280 e. The van der Waals surface area contributed by atoms with Gasteiger partial charge in [-0.25, -0.2) is 10.8 Å². The molecule has 11 heteroatoms. The normalized spacial score (nSPS) is 25.3. The van der Waals surface area contributed by atoms with Crippen LogP contribution in [0.1, 0.15) is 12.6 Å². The standard InChI is InChI=1S/C10H13N7O4/c11-10-14-6-5(8(20)15-10)13-2-17(6)9-3(18)1-4(21-9)7(19)16-12/h2-4,9,18H,1,12H2,(H,16,19)(H3,11,14,15,20). The maximum absolute atomic E-state index is 11.7.